The molecular formula is C15H27BO2. The van der Waals surface area contributed by atoms with Crippen molar-refractivity contribution in [2.24, 2.45) is 5.92 Å². The lowest BCUT2D eigenvalue weighted by Gasteiger charge is -2.32. The monoisotopic (exact) mass is 250 g/mol. The van der Waals surface area contributed by atoms with Crippen LogP contribution in [0.25, 0.3) is 0 Å². The van der Waals surface area contributed by atoms with Crippen molar-refractivity contribution in [2.75, 3.05) is 0 Å². The Balaban J connectivity index is 2.08. The highest BCUT2D eigenvalue weighted by Gasteiger charge is 2.54. The van der Waals surface area contributed by atoms with Gasteiger partial charge in [-0.1, -0.05) is 38.2 Å². The Morgan fingerprint density at radius 3 is 2.00 bits per heavy atom. The maximum Gasteiger partial charge on any atom is 0.465 e. The lowest BCUT2D eigenvalue weighted by molar-refractivity contribution is 0.00578. The Labute approximate surface area is 112 Å². The third kappa shape index (κ3) is 2.53. The lowest BCUT2D eigenvalue weighted by atomic mass is 9.61. The molecule has 1 saturated carbocycles. The summed E-state index contributed by atoms with van der Waals surface area (Å²) in [6.45, 7) is 12.5. The molecule has 1 aliphatic heterocycles. The van der Waals surface area contributed by atoms with Gasteiger partial charge in [0.2, 0.25) is 0 Å². The highest BCUT2D eigenvalue weighted by molar-refractivity contribution is 6.48. The molecule has 102 valence electrons. The van der Waals surface area contributed by atoms with Crippen molar-refractivity contribution in [3.63, 3.8) is 0 Å². The Morgan fingerprint density at radius 2 is 1.56 bits per heavy atom. The largest absolute Gasteiger partial charge is 0.465 e. The van der Waals surface area contributed by atoms with Gasteiger partial charge in [0.15, 0.2) is 0 Å². The van der Waals surface area contributed by atoms with Crippen molar-refractivity contribution in [3.05, 3.63) is 12.7 Å². The molecule has 2 nitrogen and oxygen atoms in total. The van der Waals surface area contributed by atoms with Gasteiger partial charge in [0, 0.05) is 5.82 Å². The van der Waals surface area contributed by atoms with Gasteiger partial charge >= 0.3 is 7.12 Å². The maximum atomic E-state index is 6.18. The van der Waals surface area contributed by atoms with Crippen molar-refractivity contribution >= 4 is 7.12 Å². The lowest BCUT2D eigenvalue weighted by Crippen LogP contribution is -2.41. The summed E-state index contributed by atoms with van der Waals surface area (Å²) in [6.07, 6.45) is 8.70. The van der Waals surface area contributed by atoms with E-state index in [-0.39, 0.29) is 18.3 Å². The molecule has 1 heterocycles. The van der Waals surface area contributed by atoms with Crippen LogP contribution in [0.4, 0.5) is 0 Å². The normalized spacial score (nSPS) is 29.2. The summed E-state index contributed by atoms with van der Waals surface area (Å²) >= 11 is 0. The molecule has 1 saturated heterocycles. The Hall–Kier alpha value is -0.275. The smallest absolute Gasteiger partial charge is 0.403 e. The summed E-state index contributed by atoms with van der Waals surface area (Å²) in [5.41, 5.74) is -0.457. The quantitative estimate of drug-likeness (QED) is 0.551. The van der Waals surface area contributed by atoms with Gasteiger partial charge < -0.3 is 9.31 Å². The van der Waals surface area contributed by atoms with Crippen molar-refractivity contribution in [2.45, 2.75) is 76.8 Å². The standard InChI is InChI=1S/C15H27BO2/c1-6-13(12-10-8-7-9-11-12)16-17-14(2,3)15(4,5)18-16/h6,12-13H,1,7-11H2,2-5H3. The van der Waals surface area contributed by atoms with E-state index >= 15 is 0 Å². The van der Waals surface area contributed by atoms with E-state index in [0.29, 0.717) is 11.7 Å². The van der Waals surface area contributed by atoms with Crippen LogP contribution < -0.4 is 0 Å². The summed E-state index contributed by atoms with van der Waals surface area (Å²) in [5.74, 6) is 1.03. The minimum absolute atomic E-state index is 0.115. The summed E-state index contributed by atoms with van der Waals surface area (Å²) in [5, 5.41) is 0. The second-order valence-electron chi connectivity index (χ2n) is 6.84. The van der Waals surface area contributed by atoms with E-state index < -0.39 is 0 Å². The molecule has 3 heteroatoms. The van der Waals surface area contributed by atoms with Gasteiger partial charge in [0.05, 0.1) is 11.2 Å². The van der Waals surface area contributed by atoms with E-state index in [1.54, 1.807) is 0 Å². The second kappa shape index (κ2) is 5.01. The molecule has 0 radical (unpaired) electrons. The average molecular weight is 250 g/mol. The molecule has 2 fully saturated rings. The summed E-state index contributed by atoms with van der Waals surface area (Å²) < 4.78 is 12.4. The van der Waals surface area contributed by atoms with Crippen LogP contribution in [0.2, 0.25) is 5.82 Å². The summed E-state index contributed by atoms with van der Waals surface area (Å²) in [4.78, 5) is 0. The van der Waals surface area contributed by atoms with Gasteiger partial charge in [-0.2, -0.15) is 0 Å². The summed E-state index contributed by atoms with van der Waals surface area (Å²) in [7, 11) is -0.115. The van der Waals surface area contributed by atoms with Gasteiger partial charge in [-0.15, -0.1) is 6.58 Å². The molecule has 1 aliphatic carbocycles. The molecule has 1 atom stereocenters. The Bertz CT molecular complexity index is 290. The zero-order valence-electron chi connectivity index (χ0n) is 12.4. The van der Waals surface area contributed by atoms with Crippen molar-refractivity contribution < 1.29 is 9.31 Å². The molecule has 18 heavy (non-hydrogen) atoms. The third-order valence-corrected chi connectivity index (χ3v) is 5.05. The van der Waals surface area contributed by atoms with E-state index in [1.807, 2.05) is 0 Å². The first-order valence-corrected chi connectivity index (χ1v) is 7.35. The van der Waals surface area contributed by atoms with Gasteiger partial charge in [-0.05, 0) is 33.6 Å². The fraction of sp³-hybridized carbons (Fsp3) is 0.867. The topological polar surface area (TPSA) is 18.5 Å². The van der Waals surface area contributed by atoms with E-state index in [1.165, 1.54) is 32.1 Å². The fourth-order valence-electron chi connectivity index (χ4n) is 3.09. The zero-order chi connectivity index (χ0) is 13.4. The van der Waals surface area contributed by atoms with Crippen LogP contribution in [-0.2, 0) is 9.31 Å². The van der Waals surface area contributed by atoms with Crippen molar-refractivity contribution in [1.29, 1.82) is 0 Å². The zero-order valence-corrected chi connectivity index (χ0v) is 12.4. The maximum absolute atomic E-state index is 6.18. The van der Waals surface area contributed by atoms with Crippen molar-refractivity contribution in [3.8, 4) is 0 Å². The average Bonchev–Trinajstić information content (AvgIpc) is 2.50. The van der Waals surface area contributed by atoms with Crippen LogP contribution in [-0.4, -0.2) is 18.3 Å². The van der Waals surface area contributed by atoms with E-state index in [2.05, 4.69) is 40.3 Å². The molecule has 0 aromatic heterocycles. The number of rotatable bonds is 3. The van der Waals surface area contributed by atoms with Crippen molar-refractivity contribution in [1.82, 2.24) is 0 Å². The first kappa shape index (κ1) is 14.1. The highest BCUT2D eigenvalue weighted by atomic mass is 16.7. The van der Waals surface area contributed by atoms with Gasteiger partial charge in [0.25, 0.3) is 0 Å². The van der Waals surface area contributed by atoms with E-state index in [0.717, 1.165) is 0 Å². The Kier molecular flexibility index (Phi) is 3.94. The summed E-state index contributed by atoms with van der Waals surface area (Å²) in [6, 6.07) is 0. The molecule has 0 N–H and O–H groups in total. The molecule has 0 amide bonds. The molecule has 1 unspecified atom stereocenters. The Morgan fingerprint density at radius 1 is 1.06 bits per heavy atom. The van der Waals surface area contributed by atoms with Crippen LogP contribution in [0, 0.1) is 5.92 Å². The first-order chi connectivity index (χ1) is 8.37. The van der Waals surface area contributed by atoms with E-state index in [4.69, 9.17) is 9.31 Å². The minimum Gasteiger partial charge on any atom is -0.403 e. The molecule has 0 aromatic carbocycles. The van der Waals surface area contributed by atoms with Crippen LogP contribution in [0.15, 0.2) is 12.7 Å². The van der Waals surface area contributed by atoms with Crippen LogP contribution in [0.3, 0.4) is 0 Å². The highest BCUT2D eigenvalue weighted by Crippen LogP contribution is 2.45. The van der Waals surface area contributed by atoms with Gasteiger partial charge in [-0.25, -0.2) is 0 Å². The van der Waals surface area contributed by atoms with E-state index in [9.17, 15) is 0 Å². The van der Waals surface area contributed by atoms with Gasteiger partial charge in [-0.3, -0.25) is 0 Å². The predicted octanol–water partition coefficient (Wildman–Crippen LogP) is 4.22. The van der Waals surface area contributed by atoms with Crippen LogP contribution in [0.1, 0.15) is 59.8 Å². The SMILES string of the molecule is C=CC(B1OC(C)(C)C(C)(C)O1)C1CCCCC1. The molecule has 2 aliphatic rings. The van der Waals surface area contributed by atoms with Gasteiger partial charge in [0.1, 0.15) is 0 Å². The fourth-order valence-corrected chi connectivity index (χ4v) is 3.09. The number of hydrogen-bond donors (Lipinski definition) is 0. The van der Waals surface area contributed by atoms with Crippen LogP contribution >= 0.6 is 0 Å². The molecule has 0 spiro atoms. The first-order valence-electron chi connectivity index (χ1n) is 7.35. The second-order valence-corrected chi connectivity index (χ2v) is 6.84. The third-order valence-electron chi connectivity index (χ3n) is 5.05. The molecule has 2 rings (SSSR count). The molecule has 0 aromatic rings. The molecular weight excluding hydrogens is 223 g/mol. The molecule has 0 bridgehead atoms. The number of allylic oxidation sites excluding steroid dienone is 1. The number of hydrogen-bond acceptors (Lipinski definition) is 2. The van der Waals surface area contributed by atoms with Crippen LogP contribution in [0.5, 0.6) is 0 Å². The minimum atomic E-state index is -0.229. The predicted molar refractivity (Wildman–Crippen MR) is 76.6 cm³/mol.